The first-order chi connectivity index (χ1) is 13.3. The first-order valence-electron chi connectivity index (χ1n) is 8.19. The lowest BCUT2D eigenvalue weighted by atomic mass is 9.92. The van der Waals surface area contributed by atoms with Gasteiger partial charge in [0, 0.05) is 26.1 Å². The Morgan fingerprint density at radius 3 is 1.30 bits per heavy atom. The number of ether oxygens (including phenoxy) is 2. The van der Waals surface area contributed by atoms with Crippen molar-refractivity contribution in [1.82, 2.24) is 4.90 Å². The zero-order valence-electron chi connectivity index (χ0n) is 14.6. The first-order valence-corrected chi connectivity index (χ1v) is 8.19. The lowest BCUT2D eigenvalue weighted by Crippen LogP contribution is -2.70. The topological polar surface area (TPSA) is 28.3 Å². The first kappa shape index (κ1) is 25.2. The van der Waals surface area contributed by atoms with Crippen LogP contribution in [0.2, 0.25) is 0 Å². The molecule has 0 aromatic carbocycles. The van der Waals surface area contributed by atoms with Crippen LogP contribution in [0.15, 0.2) is 0 Å². The van der Waals surface area contributed by atoms with E-state index in [1.54, 1.807) is 0 Å². The Morgan fingerprint density at radius 2 is 0.967 bits per heavy atom. The lowest BCUT2D eigenvalue weighted by molar-refractivity contribution is -0.440. The van der Waals surface area contributed by atoms with Crippen LogP contribution in [0.25, 0.3) is 0 Å². The van der Waals surface area contributed by atoms with Crippen LogP contribution in [0.5, 0.6) is 0 Å². The highest BCUT2D eigenvalue weighted by Gasteiger charge is 2.90. The van der Waals surface area contributed by atoms with Crippen molar-refractivity contribution in [2.45, 2.75) is 54.4 Å². The van der Waals surface area contributed by atoms with E-state index >= 15 is 0 Å². The van der Waals surface area contributed by atoms with Gasteiger partial charge in [0.1, 0.15) is 0 Å². The fourth-order valence-corrected chi connectivity index (χ4v) is 2.44. The largest absolute Gasteiger partial charge is 0.460 e. The van der Waals surface area contributed by atoms with Gasteiger partial charge >= 0.3 is 35.8 Å². The molecule has 30 heavy (non-hydrogen) atoms. The molecular weight excluding hydrogens is 461 g/mol. The van der Waals surface area contributed by atoms with Gasteiger partial charge in [-0.15, -0.1) is 0 Å². The molecule has 0 radical (unpaired) electrons. The molecule has 0 aliphatic carbocycles. The molecule has 0 spiro atoms. The van der Waals surface area contributed by atoms with Gasteiger partial charge in [0.05, 0.1) is 25.4 Å². The van der Waals surface area contributed by atoms with E-state index in [4.69, 9.17) is 9.47 Å². The quantitative estimate of drug-likeness (QED) is 0.331. The van der Waals surface area contributed by atoms with Crippen molar-refractivity contribution in [2.24, 2.45) is 0 Å². The van der Waals surface area contributed by atoms with E-state index in [9.17, 15) is 57.1 Å². The molecule has 0 amide bonds. The average Bonchev–Trinajstić information content (AvgIpc) is 3.47. The second-order valence-electron chi connectivity index (χ2n) is 6.92. The molecule has 2 heterocycles. The van der Waals surface area contributed by atoms with Crippen molar-refractivity contribution in [1.29, 1.82) is 0 Å². The van der Waals surface area contributed by atoms with Gasteiger partial charge in [-0.05, 0) is 0 Å². The molecular formula is C14H14F13NO2. The zero-order valence-corrected chi connectivity index (χ0v) is 14.6. The molecule has 0 N–H and O–H groups in total. The van der Waals surface area contributed by atoms with Crippen molar-refractivity contribution in [3.8, 4) is 0 Å². The summed E-state index contributed by atoms with van der Waals surface area (Å²) in [5, 5.41) is 0. The Balaban J connectivity index is 2.19. The summed E-state index contributed by atoms with van der Waals surface area (Å²) in [4.78, 5) is 1.01. The lowest BCUT2D eigenvalue weighted by Gasteiger charge is -2.40. The number of halogens is 13. The highest BCUT2D eigenvalue weighted by atomic mass is 19.4. The summed E-state index contributed by atoms with van der Waals surface area (Å²) in [5.74, 6) is -36.6. The van der Waals surface area contributed by atoms with Gasteiger partial charge in [-0.2, -0.15) is 57.1 Å². The number of nitrogens with zero attached hydrogens (tertiary/aromatic N) is 1. The minimum atomic E-state index is -7.87. The van der Waals surface area contributed by atoms with E-state index in [2.05, 4.69) is 0 Å². The molecule has 2 unspecified atom stereocenters. The summed E-state index contributed by atoms with van der Waals surface area (Å²) in [5.41, 5.74) is 0. The molecule has 2 saturated heterocycles. The monoisotopic (exact) mass is 475 g/mol. The zero-order chi connectivity index (χ0) is 23.4. The van der Waals surface area contributed by atoms with E-state index in [1.807, 2.05) is 0 Å². The SMILES string of the molecule is FC(F)(F)C(F)(F)C(F)(F)C(F)(F)C(F)(F)C(F)(F)CCN(CC1CO1)CC1CO1. The summed E-state index contributed by atoms with van der Waals surface area (Å²) in [6.07, 6.45) is -10.6. The number of alkyl halides is 13. The maximum Gasteiger partial charge on any atom is 0.460 e. The molecule has 2 atom stereocenters. The second-order valence-corrected chi connectivity index (χ2v) is 6.92. The molecule has 0 aromatic heterocycles. The number of hydrogen-bond acceptors (Lipinski definition) is 3. The predicted octanol–water partition coefficient (Wildman–Crippen LogP) is 4.21. The van der Waals surface area contributed by atoms with Crippen LogP contribution in [0, 0.1) is 0 Å². The van der Waals surface area contributed by atoms with E-state index in [0.29, 0.717) is 0 Å². The van der Waals surface area contributed by atoms with Gasteiger partial charge < -0.3 is 9.47 Å². The van der Waals surface area contributed by atoms with Crippen molar-refractivity contribution in [3.05, 3.63) is 0 Å². The van der Waals surface area contributed by atoms with Crippen LogP contribution >= 0.6 is 0 Å². The minimum Gasteiger partial charge on any atom is -0.372 e. The molecule has 3 nitrogen and oxygen atoms in total. The van der Waals surface area contributed by atoms with Crippen LogP contribution in [-0.2, 0) is 9.47 Å². The number of epoxide rings is 2. The molecule has 0 aromatic rings. The molecule has 16 heteroatoms. The van der Waals surface area contributed by atoms with E-state index in [-0.39, 0.29) is 26.3 Å². The summed E-state index contributed by atoms with van der Waals surface area (Å²) < 4.78 is 179. The summed E-state index contributed by atoms with van der Waals surface area (Å²) >= 11 is 0. The molecule has 2 fully saturated rings. The third kappa shape index (κ3) is 4.45. The molecule has 0 saturated carbocycles. The second kappa shape index (κ2) is 7.53. The third-order valence-electron chi connectivity index (χ3n) is 4.47. The van der Waals surface area contributed by atoms with Gasteiger partial charge in [-0.1, -0.05) is 0 Å². The standard InChI is InChI=1S/C14H14F13NO2/c15-9(16,1-2-28(3-7-5-29-7)4-8-6-30-8)10(17,18)11(19,20)12(21,22)13(23,24)14(25,26)27/h7-8H,1-6H2. The van der Waals surface area contributed by atoms with Gasteiger partial charge in [-0.25, -0.2) is 0 Å². The van der Waals surface area contributed by atoms with Crippen LogP contribution in [0.1, 0.15) is 6.42 Å². The molecule has 0 bridgehead atoms. The fraction of sp³-hybridized carbons (Fsp3) is 1.00. The summed E-state index contributed by atoms with van der Waals surface area (Å²) in [7, 11) is 0. The third-order valence-corrected chi connectivity index (χ3v) is 4.47. The van der Waals surface area contributed by atoms with Gasteiger partial charge in [0.25, 0.3) is 0 Å². The van der Waals surface area contributed by atoms with E-state index < -0.39 is 61.0 Å². The van der Waals surface area contributed by atoms with E-state index in [0.717, 1.165) is 4.90 Å². The Morgan fingerprint density at radius 1 is 0.600 bits per heavy atom. The Bertz CT molecular complexity index is 599. The highest BCUT2D eigenvalue weighted by Crippen LogP contribution is 2.60. The maximum absolute atomic E-state index is 13.8. The highest BCUT2D eigenvalue weighted by molar-refractivity contribution is 5.10. The van der Waals surface area contributed by atoms with Gasteiger partial charge in [0.15, 0.2) is 0 Å². The van der Waals surface area contributed by atoms with Crippen molar-refractivity contribution >= 4 is 0 Å². The molecule has 178 valence electrons. The van der Waals surface area contributed by atoms with Crippen LogP contribution < -0.4 is 0 Å². The van der Waals surface area contributed by atoms with Crippen molar-refractivity contribution in [2.75, 3.05) is 32.8 Å². The van der Waals surface area contributed by atoms with Crippen LogP contribution in [0.3, 0.4) is 0 Å². The average molecular weight is 475 g/mol. The molecule has 2 aliphatic rings. The van der Waals surface area contributed by atoms with Gasteiger partial charge in [0.2, 0.25) is 0 Å². The molecule has 2 aliphatic heterocycles. The number of rotatable bonds is 11. The maximum atomic E-state index is 13.8. The van der Waals surface area contributed by atoms with Crippen molar-refractivity contribution < 1.29 is 66.5 Å². The summed E-state index contributed by atoms with van der Waals surface area (Å²) in [6.45, 7) is -0.975. The van der Waals surface area contributed by atoms with Crippen LogP contribution in [-0.4, -0.2) is 85.7 Å². The smallest absolute Gasteiger partial charge is 0.372 e. The van der Waals surface area contributed by atoms with Gasteiger partial charge in [-0.3, -0.25) is 4.90 Å². The fourth-order valence-electron chi connectivity index (χ4n) is 2.44. The number of hydrogen-bond donors (Lipinski definition) is 0. The molecule has 2 rings (SSSR count). The summed E-state index contributed by atoms with van der Waals surface area (Å²) in [6, 6.07) is 0. The minimum absolute atomic E-state index is 0.125. The van der Waals surface area contributed by atoms with E-state index in [1.165, 1.54) is 0 Å². The van der Waals surface area contributed by atoms with Crippen molar-refractivity contribution in [3.63, 3.8) is 0 Å². The Labute approximate surface area is 160 Å². The normalized spacial score (nSPS) is 23.8. The van der Waals surface area contributed by atoms with Crippen LogP contribution in [0.4, 0.5) is 57.1 Å². The predicted molar refractivity (Wildman–Crippen MR) is 71.3 cm³/mol. The Hall–Kier alpha value is -1.03. The Kier molecular flexibility index (Phi) is 6.34.